The van der Waals surface area contributed by atoms with Gasteiger partial charge >= 0.3 is 0 Å². The molecule has 3 rings (SSSR count). The van der Waals surface area contributed by atoms with Crippen molar-refractivity contribution in [1.29, 1.82) is 0 Å². The van der Waals surface area contributed by atoms with Crippen molar-refractivity contribution in [1.82, 2.24) is 20.2 Å². The first-order valence-electron chi connectivity index (χ1n) is 6.08. The summed E-state index contributed by atoms with van der Waals surface area (Å²) in [7, 11) is 4.30. The molecule has 1 aliphatic rings. The number of imidazole rings is 1. The fourth-order valence-electron chi connectivity index (χ4n) is 2.73. The lowest BCUT2D eigenvalue weighted by Crippen LogP contribution is -2.33. The highest BCUT2D eigenvalue weighted by atomic mass is 15.2. The number of fused-ring (bicyclic) bond motifs is 1. The SMILES string of the molecule is CN(C)C1CCNC1c1ccc2nc[nH]c2c1. The molecule has 1 fully saturated rings. The lowest BCUT2D eigenvalue weighted by Gasteiger charge is -2.26. The molecule has 0 radical (unpaired) electrons. The molecular formula is C13H18N4. The molecule has 4 heteroatoms. The van der Waals surface area contributed by atoms with Crippen LogP contribution in [-0.4, -0.2) is 41.5 Å². The molecule has 0 bridgehead atoms. The molecule has 2 aromatic rings. The highest BCUT2D eigenvalue weighted by molar-refractivity contribution is 5.75. The molecule has 90 valence electrons. The van der Waals surface area contributed by atoms with E-state index in [0.29, 0.717) is 12.1 Å². The van der Waals surface area contributed by atoms with Gasteiger partial charge in [-0.1, -0.05) is 6.07 Å². The van der Waals surface area contributed by atoms with E-state index >= 15 is 0 Å². The summed E-state index contributed by atoms with van der Waals surface area (Å²) in [6.45, 7) is 1.09. The summed E-state index contributed by atoms with van der Waals surface area (Å²) < 4.78 is 0. The molecule has 0 saturated carbocycles. The van der Waals surface area contributed by atoms with Crippen molar-refractivity contribution in [3.05, 3.63) is 30.1 Å². The first-order chi connectivity index (χ1) is 8.25. The fourth-order valence-corrected chi connectivity index (χ4v) is 2.73. The van der Waals surface area contributed by atoms with Gasteiger partial charge in [0.15, 0.2) is 0 Å². The van der Waals surface area contributed by atoms with Crippen molar-refractivity contribution in [2.45, 2.75) is 18.5 Å². The summed E-state index contributed by atoms with van der Waals surface area (Å²) in [5, 5.41) is 3.59. The Balaban J connectivity index is 1.96. The quantitative estimate of drug-likeness (QED) is 0.822. The molecule has 2 N–H and O–H groups in total. The van der Waals surface area contributed by atoms with Crippen LogP contribution in [0.1, 0.15) is 18.0 Å². The first kappa shape index (κ1) is 10.7. The van der Waals surface area contributed by atoms with Gasteiger partial charge in [-0.25, -0.2) is 4.98 Å². The van der Waals surface area contributed by atoms with Crippen molar-refractivity contribution < 1.29 is 0 Å². The minimum Gasteiger partial charge on any atom is -0.345 e. The number of hydrogen-bond acceptors (Lipinski definition) is 3. The number of nitrogens with zero attached hydrogens (tertiary/aromatic N) is 2. The number of rotatable bonds is 2. The zero-order chi connectivity index (χ0) is 11.8. The Morgan fingerprint density at radius 2 is 2.24 bits per heavy atom. The van der Waals surface area contributed by atoms with Crippen LogP contribution in [0.3, 0.4) is 0 Å². The molecular weight excluding hydrogens is 212 g/mol. The average Bonchev–Trinajstić information content (AvgIpc) is 2.96. The van der Waals surface area contributed by atoms with Gasteiger partial charge in [0.05, 0.1) is 17.4 Å². The molecule has 0 amide bonds. The number of H-pyrrole nitrogens is 1. The lowest BCUT2D eigenvalue weighted by molar-refractivity contribution is 0.270. The van der Waals surface area contributed by atoms with Crippen LogP contribution in [0.15, 0.2) is 24.5 Å². The van der Waals surface area contributed by atoms with Crippen molar-refractivity contribution in [2.24, 2.45) is 0 Å². The van der Waals surface area contributed by atoms with Gasteiger partial charge in [-0.15, -0.1) is 0 Å². The minimum atomic E-state index is 0.428. The standard InChI is InChI=1S/C13H18N4/c1-17(2)12-5-6-14-13(12)9-3-4-10-11(7-9)16-8-15-10/h3-4,7-8,12-14H,5-6H2,1-2H3,(H,15,16). The number of benzene rings is 1. The van der Waals surface area contributed by atoms with Gasteiger partial charge in [-0.2, -0.15) is 0 Å². The lowest BCUT2D eigenvalue weighted by atomic mass is 9.99. The maximum atomic E-state index is 4.25. The number of nitrogens with one attached hydrogen (secondary N) is 2. The van der Waals surface area contributed by atoms with Crippen LogP contribution in [0.5, 0.6) is 0 Å². The van der Waals surface area contributed by atoms with E-state index in [1.54, 1.807) is 6.33 Å². The van der Waals surface area contributed by atoms with Crippen molar-refractivity contribution in [3.63, 3.8) is 0 Å². The van der Waals surface area contributed by atoms with Crippen molar-refractivity contribution in [2.75, 3.05) is 20.6 Å². The highest BCUT2D eigenvalue weighted by Gasteiger charge is 2.29. The number of hydrogen-bond donors (Lipinski definition) is 2. The zero-order valence-electron chi connectivity index (χ0n) is 10.3. The minimum absolute atomic E-state index is 0.428. The summed E-state index contributed by atoms with van der Waals surface area (Å²) in [4.78, 5) is 9.74. The second-order valence-corrected chi connectivity index (χ2v) is 4.93. The van der Waals surface area contributed by atoms with Gasteiger partial charge in [0, 0.05) is 12.1 Å². The van der Waals surface area contributed by atoms with E-state index in [2.05, 4.69) is 52.5 Å². The summed E-state index contributed by atoms with van der Waals surface area (Å²) in [5.41, 5.74) is 3.50. The third-order valence-corrected chi connectivity index (χ3v) is 3.66. The highest BCUT2D eigenvalue weighted by Crippen LogP contribution is 2.28. The topological polar surface area (TPSA) is 44.0 Å². The Hall–Kier alpha value is -1.39. The van der Waals surface area contributed by atoms with E-state index in [0.717, 1.165) is 17.6 Å². The molecule has 1 saturated heterocycles. The predicted molar refractivity (Wildman–Crippen MR) is 68.9 cm³/mol. The maximum absolute atomic E-state index is 4.25. The molecule has 1 aromatic heterocycles. The summed E-state index contributed by atoms with van der Waals surface area (Å²) in [6.07, 6.45) is 2.96. The normalized spacial score (nSPS) is 24.9. The van der Waals surface area contributed by atoms with Gasteiger partial charge in [0.25, 0.3) is 0 Å². The van der Waals surface area contributed by atoms with Gasteiger partial charge in [0.2, 0.25) is 0 Å². The number of aromatic nitrogens is 2. The Morgan fingerprint density at radius 3 is 3.06 bits per heavy atom. The number of aromatic amines is 1. The smallest absolute Gasteiger partial charge is 0.0931 e. The molecule has 2 atom stereocenters. The van der Waals surface area contributed by atoms with Crippen molar-refractivity contribution in [3.8, 4) is 0 Å². The van der Waals surface area contributed by atoms with E-state index in [9.17, 15) is 0 Å². The van der Waals surface area contributed by atoms with Crippen LogP contribution in [-0.2, 0) is 0 Å². The Labute approximate surface area is 101 Å². The number of likely N-dealkylation sites (N-methyl/N-ethyl adjacent to an activating group) is 1. The summed E-state index contributed by atoms with van der Waals surface area (Å²) in [5.74, 6) is 0. The molecule has 2 heterocycles. The summed E-state index contributed by atoms with van der Waals surface area (Å²) in [6, 6.07) is 7.49. The van der Waals surface area contributed by atoms with E-state index in [-0.39, 0.29) is 0 Å². The summed E-state index contributed by atoms with van der Waals surface area (Å²) >= 11 is 0. The van der Waals surface area contributed by atoms with E-state index < -0.39 is 0 Å². The molecule has 2 unspecified atom stereocenters. The Morgan fingerprint density at radius 1 is 1.35 bits per heavy atom. The van der Waals surface area contributed by atoms with Crippen molar-refractivity contribution >= 4 is 11.0 Å². The molecule has 1 aliphatic heterocycles. The van der Waals surface area contributed by atoms with E-state index in [1.807, 2.05) is 0 Å². The van der Waals surface area contributed by atoms with Gasteiger partial charge in [-0.05, 0) is 44.8 Å². The molecule has 1 aromatic carbocycles. The largest absolute Gasteiger partial charge is 0.345 e. The first-order valence-corrected chi connectivity index (χ1v) is 6.08. The Bertz CT molecular complexity index is 517. The van der Waals surface area contributed by atoms with Crippen LogP contribution < -0.4 is 5.32 Å². The van der Waals surface area contributed by atoms with Gasteiger partial charge in [-0.3, -0.25) is 0 Å². The second kappa shape index (κ2) is 4.13. The molecule has 0 spiro atoms. The molecule has 4 nitrogen and oxygen atoms in total. The fraction of sp³-hybridized carbons (Fsp3) is 0.462. The van der Waals surface area contributed by atoms with Crippen LogP contribution >= 0.6 is 0 Å². The maximum Gasteiger partial charge on any atom is 0.0931 e. The second-order valence-electron chi connectivity index (χ2n) is 4.93. The molecule has 17 heavy (non-hydrogen) atoms. The van der Waals surface area contributed by atoms with Gasteiger partial charge in [0.1, 0.15) is 0 Å². The van der Waals surface area contributed by atoms with Crippen LogP contribution in [0, 0.1) is 0 Å². The third-order valence-electron chi connectivity index (χ3n) is 3.66. The third kappa shape index (κ3) is 1.83. The van der Waals surface area contributed by atoms with Crippen LogP contribution in [0.25, 0.3) is 11.0 Å². The monoisotopic (exact) mass is 230 g/mol. The van der Waals surface area contributed by atoms with E-state index in [4.69, 9.17) is 0 Å². The van der Waals surface area contributed by atoms with Gasteiger partial charge < -0.3 is 15.2 Å². The van der Waals surface area contributed by atoms with E-state index in [1.165, 1.54) is 12.0 Å². The Kier molecular flexibility index (Phi) is 2.61. The average molecular weight is 230 g/mol. The molecule has 0 aliphatic carbocycles. The van der Waals surface area contributed by atoms with Crippen LogP contribution in [0.4, 0.5) is 0 Å². The predicted octanol–water partition coefficient (Wildman–Crippen LogP) is 1.53. The zero-order valence-corrected chi connectivity index (χ0v) is 10.3. The van der Waals surface area contributed by atoms with Crippen LogP contribution in [0.2, 0.25) is 0 Å².